The second-order valence-electron chi connectivity index (χ2n) is 5.86. The van der Waals surface area contributed by atoms with Crippen molar-refractivity contribution in [1.29, 1.82) is 0 Å². The number of hydrogen-bond acceptors (Lipinski definition) is 3. The molecule has 0 bridgehead atoms. The summed E-state index contributed by atoms with van der Waals surface area (Å²) in [4.78, 5) is 26.2. The molecule has 7 heteroatoms. The predicted molar refractivity (Wildman–Crippen MR) is 81.6 cm³/mol. The van der Waals surface area contributed by atoms with Crippen LogP contribution in [0.15, 0.2) is 24.3 Å². The molecule has 0 aromatic heterocycles. The van der Waals surface area contributed by atoms with Crippen molar-refractivity contribution in [1.82, 2.24) is 4.90 Å². The van der Waals surface area contributed by atoms with Crippen LogP contribution in [0.4, 0.5) is 13.2 Å². The third-order valence-corrected chi connectivity index (χ3v) is 4.16. The molecule has 0 radical (unpaired) electrons. The molecule has 0 unspecified atom stereocenters. The maximum Gasteiger partial charge on any atom is 0.416 e. The molecule has 0 spiro atoms. The minimum atomic E-state index is -4.42. The van der Waals surface area contributed by atoms with Gasteiger partial charge in [0, 0.05) is 31.7 Å². The zero-order chi connectivity index (χ0) is 17.7. The van der Waals surface area contributed by atoms with E-state index in [4.69, 9.17) is 4.74 Å². The Morgan fingerprint density at radius 1 is 1.25 bits per heavy atom. The highest BCUT2D eigenvalue weighted by Gasteiger charge is 2.32. The summed E-state index contributed by atoms with van der Waals surface area (Å²) < 4.78 is 42.6. The Labute approximate surface area is 138 Å². The Bertz CT molecular complexity index is 584. The fourth-order valence-electron chi connectivity index (χ4n) is 2.82. The largest absolute Gasteiger partial charge is 0.416 e. The lowest BCUT2D eigenvalue weighted by molar-refractivity contribution is -0.137. The summed E-state index contributed by atoms with van der Waals surface area (Å²) >= 11 is 0. The van der Waals surface area contributed by atoms with Crippen molar-refractivity contribution < 1.29 is 27.5 Å². The molecule has 24 heavy (non-hydrogen) atoms. The first-order valence-electron chi connectivity index (χ1n) is 7.81. The molecule has 1 heterocycles. The van der Waals surface area contributed by atoms with E-state index < -0.39 is 11.7 Å². The second kappa shape index (κ2) is 7.79. The van der Waals surface area contributed by atoms with E-state index in [1.807, 2.05) is 0 Å². The van der Waals surface area contributed by atoms with E-state index in [2.05, 4.69) is 0 Å². The van der Waals surface area contributed by atoms with Gasteiger partial charge in [-0.1, -0.05) is 12.1 Å². The summed E-state index contributed by atoms with van der Waals surface area (Å²) in [7, 11) is 1.51. The Kier molecular flexibility index (Phi) is 5.99. The van der Waals surface area contributed by atoms with E-state index in [0.29, 0.717) is 32.5 Å². The van der Waals surface area contributed by atoms with E-state index in [0.717, 1.165) is 12.1 Å². The topological polar surface area (TPSA) is 46.6 Å². The first kappa shape index (κ1) is 18.4. The Morgan fingerprint density at radius 3 is 2.50 bits per heavy atom. The van der Waals surface area contributed by atoms with Crippen molar-refractivity contribution in [2.24, 2.45) is 5.92 Å². The van der Waals surface area contributed by atoms with Crippen LogP contribution >= 0.6 is 0 Å². The molecular formula is C17H20F3NO3. The number of ether oxygens (including phenoxy) is 1. The SMILES string of the molecule is COCCC(=O)N1CCC[C@H](C(=O)c2ccc(C(F)(F)F)cc2)C1. The number of carbonyl (C=O) groups excluding carboxylic acids is 2. The van der Waals surface area contributed by atoms with Gasteiger partial charge in [-0.25, -0.2) is 0 Å². The highest BCUT2D eigenvalue weighted by atomic mass is 19.4. The van der Waals surface area contributed by atoms with E-state index in [-0.39, 0.29) is 29.6 Å². The van der Waals surface area contributed by atoms with Crippen LogP contribution in [0.25, 0.3) is 0 Å². The van der Waals surface area contributed by atoms with Crippen molar-refractivity contribution in [2.45, 2.75) is 25.4 Å². The van der Waals surface area contributed by atoms with Gasteiger partial charge in [-0.05, 0) is 25.0 Å². The summed E-state index contributed by atoms with van der Waals surface area (Å²) in [6.45, 7) is 1.23. The second-order valence-corrected chi connectivity index (χ2v) is 5.86. The van der Waals surface area contributed by atoms with Gasteiger partial charge in [0.05, 0.1) is 18.6 Å². The van der Waals surface area contributed by atoms with Gasteiger partial charge in [-0.15, -0.1) is 0 Å². The van der Waals surface area contributed by atoms with Crippen LogP contribution in [-0.2, 0) is 15.7 Å². The zero-order valence-corrected chi connectivity index (χ0v) is 13.4. The first-order valence-corrected chi connectivity index (χ1v) is 7.81. The summed E-state index contributed by atoms with van der Waals surface area (Å²) in [5.74, 6) is -0.656. The van der Waals surface area contributed by atoms with Crippen LogP contribution in [0.3, 0.4) is 0 Å². The van der Waals surface area contributed by atoms with Crippen LogP contribution in [0.5, 0.6) is 0 Å². The number of likely N-dealkylation sites (tertiary alicyclic amines) is 1. The quantitative estimate of drug-likeness (QED) is 0.772. The number of Topliss-reactive ketones (excluding diaryl/α,β-unsaturated/α-hetero) is 1. The molecule has 132 valence electrons. The number of alkyl halides is 3. The smallest absolute Gasteiger partial charge is 0.384 e. The molecule has 1 atom stereocenters. The maximum atomic E-state index is 12.6. The molecule has 0 N–H and O–H groups in total. The van der Waals surface area contributed by atoms with Crippen molar-refractivity contribution in [2.75, 3.05) is 26.8 Å². The zero-order valence-electron chi connectivity index (χ0n) is 13.4. The normalized spacial score (nSPS) is 18.5. The van der Waals surface area contributed by atoms with Crippen molar-refractivity contribution >= 4 is 11.7 Å². The van der Waals surface area contributed by atoms with Gasteiger partial charge in [0.1, 0.15) is 0 Å². The van der Waals surface area contributed by atoms with Crippen LogP contribution in [0.1, 0.15) is 35.2 Å². The van der Waals surface area contributed by atoms with E-state index in [1.54, 1.807) is 4.90 Å². The van der Waals surface area contributed by atoms with Gasteiger partial charge in [0.2, 0.25) is 5.91 Å². The average Bonchev–Trinajstić information content (AvgIpc) is 2.58. The van der Waals surface area contributed by atoms with Gasteiger partial charge in [0.25, 0.3) is 0 Å². The monoisotopic (exact) mass is 343 g/mol. The molecule has 1 aliphatic heterocycles. The number of piperidine rings is 1. The molecule has 1 amide bonds. The number of rotatable bonds is 5. The number of halogens is 3. The molecule has 1 aliphatic rings. The molecule has 4 nitrogen and oxygen atoms in total. The Hall–Kier alpha value is -1.89. The number of nitrogens with zero attached hydrogens (tertiary/aromatic N) is 1. The third-order valence-electron chi connectivity index (χ3n) is 4.16. The van der Waals surface area contributed by atoms with Gasteiger partial charge in [0.15, 0.2) is 5.78 Å². The standard InChI is InChI=1S/C17H20F3NO3/c1-24-10-8-15(22)21-9-2-3-13(11-21)16(23)12-4-6-14(7-5-12)17(18,19)20/h4-7,13H,2-3,8-11H2,1H3/t13-/m0/s1. The maximum absolute atomic E-state index is 12.6. The Balaban J connectivity index is 2.02. The fraction of sp³-hybridized carbons (Fsp3) is 0.529. The predicted octanol–water partition coefficient (Wildman–Crippen LogP) is 3.16. The number of methoxy groups -OCH3 is 1. The lowest BCUT2D eigenvalue weighted by Crippen LogP contribution is -2.42. The van der Waals surface area contributed by atoms with Crippen LogP contribution in [0, 0.1) is 5.92 Å². The highest BCUT2D eigenvalue weighted by Crippen LogP contribution is 2.30. The van der Waals surface area contributed by atoms with E-state index in [9.17, 15) is 22.8 Å². The molecule has 0 aliphatic carbocycles. The minimum Gasteiger partial charge on any atom is -0.384 e. The summed E-state index contributed by atoms with van der Waals surface area (Å²) in [6.07, 6.45) is -2.82. The molecular weight excluding hydrogens is 323 g/mol. The lowest BCUT2D eigenvalue weighted by atomic mass is 9.89. The first-order chi connectivity index (χ1) is 11.3. The van der Waals surface area contributed by atoms with Crippen LogP contribution in [0.2, 0.25) is 0 Å². The fourth-order valence-corrected chi connectivity index (χ4v) is 2.82. The van der Waals surface area contributed by atoms with E-state index >= 15 is 0 Å². The lowest BCUT2D eigenvalue weighted by Gasteiger charge is -2.32. The Morgan fingerprint density at radius 2 is 1.92 bits per heavy atom. The van der Waals surface area contributed by atoms with E-state index in [1.165, 1.54) is 19.2 Å². The van der Waals surface area contributed by atoms with Gasteiger partial charge < -0.3 is 9.64 Å². The average molecular weight is 343 g/mol. The third kappa shape index (κ3) is 4.56. The van der Waals surface area contributed by atoms with Crippen molar-refractivity contribution in [3.63, 3.8) is 0 Å². The summed E-state index contributed by atoms with van der Waals surface area (Å²) in [6, 6.07) is 4.24. The van der Waals surface area contributed by atoms with Crippen LogP contribution < -0.4 is 0 Å². The summed E-state index contributed by atoms with van der Waals surface area (Å²) in [5.41, 5.74) is -0.529. The van der Waals surface area contributed by atoms with Crippen LogP contribution in [-0.4, -0.2) is 43.4 Å². The molecule has 1 aromatic rings. The number of amides is 1. The van der Waals surface area contributed by atoms with Gasteiger partial charge in [-0.3, -0.25) is 9.59 Å². The molecule has 1 fully saturated rings. The number of carbonyl (C=O) groups is 2. The molecule has 1 saturated heterocycles. The molecule has 2 rings (SSSR count). The van der Waals surface area contributed by atoms with Crippen molar-refractivity contribution in [3.8, 4) is 0 Å². The molecule has 1 aromatic carbocycles. The van der Waals surface area contributed by atoms with Gasteiger partial charge >= 0.3 is 6.18 Å². The minimum absolute atomic E-state index is 0.0678. The van der Waals surface area contributed by atoms with Gasteiger partial charge in [-0.2, -0.15) is 13.2 Å². The number of ketones is 1. The number of hydrogen-bond donors (Lipinski definition) is 0. The number of benzene rings is 1. The molecule has 0 saturated carbocycles. The summed E-state index contributed by atoms with van der Waals surface area (Å²) in [5, 5.41) is 0. The van der Waals surface area contributed by atoms with Crippen molar-refractivity contribution in [3.05, 3.63) is 35.4 Å². The highest BCUT2D eigenvalue weighted by molar-refractivity contribution is 5.98.